The summed E-state index contributed by atoms with van der Waals surface area (Å²) in [5.41, 5.74) is 0.569. The molecule has 0 amide bonds. The van der Waals surface area contributed by atoms with E-state index in [1.165, 1.54) is 31.2 Å². The second kappa shape index (κ2) is 5.90. The monoisotopic (exact) mass is 314 g/mol. The van der Waals surface area contributed by atoms with Gasteiger partial charge in [-0.2, -0.15) is 0 Å². The van der Waals surface area contributed by atoms with Crippen LogP contribution < -0.4 is 0 Å². The van der Waals surface area contributed by atoms with Gasteiger partial charge in [0.05, 0.1) is 5.02 Å². The average Bonchev–Trinajstić information content (AvgIpc) is 2.38. The summed E-state index contributed by atoms with van der Waals surface area (Å²) in [5, 5.41) is 0.180. The van der Waals surface area contributed by atoms with Crippen molar-refractivity contribution in [3.63, 3.8) is 0 Å². The van der Waals surface area contributed by atoms with Crippen molar-refractivity contribution >= 4 is 29.0 Å². The zero-order chi connectivity index (χ0) is 14.9. The highest BCUT2D eigenvalue weighted by molar-refractivity contribution is 6.34. The number of Topliss-reactive ketones (excluding diaryl/α,β-unsaturated/α-hetero) is 1. The van der Waals surface area contributed by atoms with Crippen molar-refractivity contribution in [3.05, 3.63) is 68.7 Å². The second-order valence-corrected chi connectivity index (χ2v) is 5.20. The van der Waals surface area contributed by atoms with Gasteiger partial charge in [-0.25, -0.2) is 8.78 Å². The van der Waals surface area contributed by atoms with Gasteiger partial charge in [-0.1, -0.05) is 29.3 Å². The molecule has 0 aliphatic heterocycles. The first kappa shape index (κ1) is 14.9. The zero-order valence-corrected chi connectivity index (χ0v) is 12.0. The summed E-state index contributed by atoms with van der Waals surface area (Å²) in [7, 11) is 0. The normalized spacial score (nSPS) is 10.7. The third-order valence-corrected chi connectivity index (χ3v) is 3.61. The number of rotatable bonds is 3. The van der Waals surface area contributed by atoms with E-state index in [4.69, 9.17) is 23.2 Å². The van der Waals surface area contributed by atoms with Gasteiger partial charge < -0.3 is 0 Å². The largest absolute Gasteiger partial charge is 0.294 e. The lowest BCUT2D eigenvalue weighted by Crippen LogP contribution is -2.07. The van der Waals surface area contributed by atoms with Crippen molar-refractivity contribution in [1.29, 1.82) is 0 Å². The van der Waals surface area contributed by atoms with Crippen LogP contribution in [0.5, 0.6) is 0 Å². The molecular weight excluding hydrogens is 305 g/mol. The molecule has 2 rings (SSSR count). The Morgan fingerprint density at radius 1 is 1.10 bits per heavy atom. The predicted octanol–water partition coefficient (Wildman–Crippen LogP) is 5.01. The Morgan fingerprint density at radius 3 is 2.45 bits per heavy atom. The Hall–Kier alpha value is -1.45. The molecule has 0 N–H and O–H groups in total. The molecule has 0 radical (unpaired) electrons. The quantitative estimate of drug-likeness (QED) is 0.728. The Kier molecular flexibility index (Phi) is 4.41. The molecule has 2 aromatic carbocycles. The molecule has 0 bridgehead atoms. The van der Waals surface area contributed by atoms with Crippen molar-refractivity contribution in [3.8, 4) is 0 Å². The maximum atomic E-state index is 13.6. The Morgan fingerprint density at radius 2 is 1.80 bits per heavy atom. The summed E-state index contributed by atoms with van der Waals surface area (Å²) in [6.45, 7) is 1.53. The third kappa shape index (κ3) is 3.00. The van der Waals surface area contributed by atoms with Gasteiger partial charge in [0.25, 0.3) is 0 Å². The summed E-state index contributed by atoms with van der Waals surface area (Å²) < 4.78 is 26.9. The van der Waals surface area contributed by atoms with Crippen LogP contribution in [0.25, 0.3) is 0 Å². The first-order chi connectivity index (χ1) is 9.40. The molecule has 0 saturated carbocycles. The smallest absolute Gasteiger partial charge is 0.168 e. The highest BCUT2D eigenvalue weighted by atomic mass is 35.5. The average molecular weight is 315 g/mol. The number of halogens is 4. The minimum atomic E-state index is -0.555. The maximum Gasteiger partial charge on any atom is 0.168 e. The highest BCUT2D eigenvalue weighted by Gasteiger charge is 2.17. The molecule has 0 heterocycles. The molecule has 0 aliphatic rings. The standard InChI is InChI=1S/C15H10Cl2F2O/c1-8-5-10(12(17)7-14(8)19)15(20)6-9-11(16)3-2-4-13(9)18/h2-5,7H,6H2,1H3. The topological polar surface area (TPSA) is 17.1 Å². The molecule has 104 valence electrons. The minimum absolute atomic E-state index is 0.00515. The number of hydrogen-bond donors (Lipinski definition) is 0. The highest BCUT2D eigenvalue weighted by Crippen LogP contribution is 2.25. The van der Waals surface area contributed by atoms with E-state index < -0.39 is 17.4 Å². The molecule has 0 aliphatic carbocycles. The zero-order valence-electron chi connectivity index (χ0n) is 10.5. The van der Waals surface area contributed by atoms with Crippen molar-refractivity contribution in [2.75, 3.05) is 0 Å². The molecule has 5 heteroatoms. The number of aryl methyl sites for hydroxylation is 1. The van der Waals surface area contributed by atoms with E-state index in [1.54, 1.807) is 0 Å². The first-order valence-electron chi connectivity index (χ1n) is 5.82. The number of ketones is 1. The third-order valence-electron chi connectivity index (χ3n) is 2.95. The number of carbonyl (C=O) groups is 1. The maximum absolute atomic E-state index is 13.6. The molecular formula is C15H10Cl2F2O. The Bertz CT molecular complexity index is 664. The van der Waals surface area contributed by atoms with Crippen LogP contribution in [0.4, 0.5) is 8.78 Å². The predicted molar refractivity (Wildman–Crippen MR) is 75.6 cm³/mol. The lowest BCUT2D eigenvalue weighted by Gasteiger charge is -2.08. The molecule has 0 spiro atoms. The van der Waals surface area contributed by atoms with Gasteiger partial charge in [0, 0.05) is 22.6 Å². The Balaban J connectivity index is 2.36. The Labute approximate surface area is 125 Å². The molecule has 2 aromatic rings. The number of benzene rings is 2. The molecule has 0 saturated heterocycles. The van der Waals surface area contributed by atoms with Crippen LogP contribution in [0.15, 0.2) is 30.3 Å². The molecule has 1 nitrogen and oxygen atoms in total. The number of hydrogen-bond acceptors (Lipinski definition) is 1. The van der Waals surface area contributed by atoms with Crippen molar-refractivity contribution in [1.82, 2.24) is 0 Å². The van der Waals surface area contributed by atoms with E-state index in [-0.39, 0.29) is 27.6 Å². The summed E-state index contributed by atoms with van der Waals surface area (Å²) in [4.78, 5) is 12.2. The fourth-order valence-electron chi connectivity index (χ4n) is 1.83. The molecule has 20 heavy (non-hydrogen) atoms. The fourth-order valence-corrected chi connectivity index (χ4v) is 2.31. The van der Waals surface area contributed by atoms with Crippen molar-refractivity contribution < 1.29 is 13.6 Å². The van der Waals surface area contributed by atoms with E-state index >= 15 is 0 Å². The molecule has 0 unspecified atom stereocenters. The van der Waals surface area contributed by atoms with E-state index in [0.29, 0.717) is 5.56 Å². The van der Waals surface area contributed by atoms with Gasteiger partial charge in [0.1, 0.15) is 11.6 Å². The first-order valence-corrected chi connectivity index (χ1v) is 6.57. The summed E-state index contributed by atoms with van der Waals surface area (Å²) in [5.74, 6) is -1.46. The van der Waals surface area contributed by atoms with Gasteiger partial charge >= 0.3 is 0 Å². The van der Waals surface area contributed by atoms with E-state index in [1.807, 2.05) is 0 Å². The lowest BCUT2D eigenvalue weighted by molar-refractivity contribution is 0.0992. The van der Waals surface area contributed by atoms with E-state index in [0.717, 1.165) is 6.07 Å². The summed E-state index contributed by atoms with van der Waals surface area (Å²) in [6.07, 6.45) is -0.226. The van der Waals surface area contributed by atoms with E-state index in [9.17, 15) is 13.6 Å². The summed E-state index contributed by atoms with van der Waals surface area (Å²) >= 11 is 11.7. The molecule has 0 fully saturated rings. The van der Waals surface area contributed by atoms with Gasteiger partial charge in [-0.15, -0.1) is 0 Å². The second-order valence-electron chi connectivity index (χ2n) is 4.38. The minimum Gasteiger partial charge on any atom is -0.294 e. The van der Waals surface area contributed by atoms with Crippen LogP contribution in [0.2, 0.25) is 10.0 Å². The van der Waals surface area contributed by atoms with Crippen LogP contribution in [0.1, 0.15) is 21.5 Å². The van der Waals surface area contributed by atoms with Gasteiger partial charge in [-0.3, -0.25) is 4.79 Å². The van der Waals surface area contributed by atoms with Crippen LogP contribution >= 0.6 is 23.2 Å². The van der Waals surface area contributed by atoms with Crippen molar-refractivity contribution in [2.45, 2.75) is 13.3 Å². The SMILES string of the molecule is Cc1cc(C(=O)Cc2c(F)cccc2Cl)c(Cl)cc1F. The number of carbonyl (C=O) groups excluding carboxylic acids is 1. The van der Waals surface area contributed by atoms with Crippen LogP contribution in [0.3, 0.4) is 0 Å². The molecule has 0 atom stereocenters. The van der Waals surface area contributed by atoms with Crippen LogP contribution in [-0.2, 0) is 6.42 Å². The lowest BCUT2D eigenvalue weighted by atomic mass is 10.0. The van der Waals surface area contributed by atoms with Gasteiger partial charge in [0.2, 0.25) is 0 Å². The fraction of sp³-hybridized carbons (Fsp3) is 0.133. The van der Waals surface area contributed by atoms with E-state index in [2.05, 4.69) is 0 Å². The van der Waals surface area contributed by atoms with Crippen molar-refractivity contribution in [2.24, 2.45) is 0 Å². The van der Waals surface area contributed by atoms with Crippen LogP contribution in [-0.4, -0.2) is 5.78 Å². The van der Waals surface area contributed by atoms with Crippen LogP contribution in [0, 0.1) is 18.6 Å². The molecule has 0 aromatic heterocycles. The van der Waals surface area contributed by atoms with Gasteiger partial charge in [-0.05, 0) is 36.8 Å². The van der Waals surface area contributed by atoms with Gasteiger partial charge in [0.15, 0.2) is 5.78 Å². The summed E-state index contributed by atoms with van der Waals surface area (Å²) in [6, 6.07) is 6.62.